The van der Waals surface area contributed by atoms with Crippen LogP contribution in [0.1, 0.15) is 33.6 Å². The normalized spacial score (nSPS) is 39.6. The van der Waals surface area contributed by atoms with Gasteiger partial charge in [0.1, 0.15) is 0 Å². The summed E-state index contributed by atoms with van der Waals surface area (Å²) in [6.45, 7) is 6.95. The van der Waals surface area contributed by atoms with Crippen molar-refractivity contribution in [3.05, 3.63) is 0 Å². The van der Waals surface area contributed by atoms with Gasteiger partial charge in [-0.3, -0.25) is 4.79 Å². The standard InChI is InChI=1S/C11H19NO2/c1-4-14-9-5-7-8(9)6-11(2,3)12-10(7)13/h7-9H,4-6H2,1-3H3,(H,12,13). The van der Waals surface area contributed by atoms with Crippen LogP contribution in [0.2, 0.25) is 0 Å². The van der Waals surface area contributed by atoms with Crippen molar-refractivity contribution in [1.82, 2.24) is 5.32 Å². The molecule has 1 aliphatic heterocycles. The minimum Gasteiger partial charge on any atom is -0.378 e. The molecule has 1 N–H and O–H groups in total. The minimum absolute atomic E-state index is 0.0476. The maximum Gasteiger partial charge on any atom is 0.223 e. The van der Waals surface area contributed by atoms with Gasteiger partial charge in [0.25, 0.3) is 0 Å². The van der Waals surface area contributed by atoms with E-state index in [9.17, 15) is 4.79 Å². The Bertz CT molecular complexity index is 250. The summed E-state index contributed by atoms with van der Waals surface area (Å²) in [4.78, 5) is 11.7. The molecule has 0 aromatic heterocycles. The summed E-state index contributed by atoms with van der Waals surface area (Å²) < 4.78 is 5.61. The minimum atomic E-state index is -0.0476. The number of nitrogens with one attached hydrogen (secondary N) is 1. The predicted octanol–water partition coefficient (Wildman–Crippen LogP) is 1.33. The fourth-order valence-corrected chi connectivity index (χ4v) is 2.71. The zero-order valence-electron chi connectivity index (χ0n) is 9.17. The molecular weight excluding hydrogens is 178 g/mol. The first-order valence-corrected chi connectivity index (χ1v) is 5.47. The third kappa shape index (κ3) is 1.54. The number of rotatable bonds is 2. The number of fused-ring (bicyclic) bond motifs is 1. The summed E-state index contributed by atoms with van der Waals surface area (Å²) in [6.07, 6.45) is 2.30. The molecule has 3 unspecified atom stereocenters. The second kappa shape index (κ2) is 3.23. The Morgan fingerprint density at radius 2 is 2.29 bits per heavy atom. The summed E-state index contributed by atoms with van der Waals surface area (Å²) in [5, 5.41) is 3.06. The van der Waals surface area contributed by atoms with Crippen molar-refractivity contribution < 1.29 is 9.53 Å². The van der Waals surface area contributed by atoms with Crippen molar-refractivity contribution in [2.45, 2.75) is 45.3 Å². The van der Waals surface area contributed by atoms with E-state index in [1.54, 1.807) is 0 Å². The lowest BCUT2D eigenvalue weighted by molar-refractivity contribution is -0.156. The van der Waals surface area contributed by atoms with Gasteiger partial charge >= 0.3 is 0 Å². The summed E-state index contributed by atoms with van der Waals surface area (Å²) in [6, 6.07) is 0. The van der Waals surface area contributed by atoms with Crippen LogP contribution in [0.15, 0.2) is 0 Å². The van der Waals surface area contributed by atoms with Crippen LogP contribution in [0.3, 0.4) is 0 Å². The lowest BCUT2D eigenvalue weighted by Crippen LogP contribution is -2.62. The number of hydrogen-bond acceptors (Lipinski definition) is 2. The Morgan fingerprint density at radius 1 is 1.57 bits per heavy atom. The van der Waals surface area contributed by atoms with Crippen molar-refractivity contribution in [3.63, 3.8) is 0 Å². The van der Waals surface area contributed by atoms with Gasteiger partial charge in [0.2, 0.25) is 5.91 Å². The van der Waals surface area contributed by atoms with Gasteiger partial charge in [0.15, 0.2) is 0 Å². The first kappa shape index (κ1) is 9.97. The van der Waals surface area contributed by atoms with Crippen molar-refractivity contribution in [3.8, 4) is 0 Å². The molecular formula is C11H19NO2. The first-order valence-electron chi connectivity index (χ1n) is 5.47. The van der Waals surface area contributed by atoms with E-state index in [0.29, 0.717) is 12.0 Å². The van der Waals surface area contributed by atoms with E-state index in [0.717, 1.165) is 19.4 Å². The first-order chi connectivity index (χ1) is 6.53. The van der Waals surface area contributed by atoms with Crippen LogP contribution in [-0.4, -0.2) is 24.2 Å². The maximum atomic E-state index is 11.7. The number of piperidine rings is 1. The van der Waals surface area contributed by atoms with E-state index in [-0.39, 0.29) is 17.4 Å². The molecule has 2 fully saturated rings. The van der Waals surface area contributed by atoms with Crippen molar-refractivity contribution in [1.29, 1.82) is 0 Å². The molecule has 2 rings (SSSR count). The Morgan fingerprint density at radius 3 is 2.93 bits per heavy atom. The molecule has 80 valence electrons. The Hall–Kier alpha value is -0.570. The van der Waals surface area contributed by atoms with Crippen LogP contribution in [0.5, 0.6) is 0 Å². The Balaban J connectivity index is 2.02. The second-order valence-electron chi connectivity index (χ2n) is 5.08. The van der Waals surface area contributed by atoms with Crippen LogP contribution >= 0.6 is 0 Å². The van der Waals surface area contributed by atoms with Crippen molar-refractivity contribution in [2.75, 3.05) is 6.61 Å². The quantitative estimate of drug-likeness (QED) is 0.725. The smallest absolute Gasteiger partial charge is 0.223 e. The highest BCUT2D eigenvalue weighted by Gasteiger charge is 2.51. The SMILES string of the molecule is CCOC1CC2C(=O)NC(C)(C)CC12. The Labute approximate surface area is 85.2 Å². The van der Waals surface area contributed by atoms with E-state index >= 15 is 0 Å². The largest absolute Gasteiger partial charge is 0.378 e. The van der Waals surface area contributed by atoms with Crippen molar-refractivity contribution in [2.24, 2.45) is 11.8 Å². The molecule has 1 amide bonds. The van der Waals surface area contributed by atoms with Crippen LogP contribution < -0.4 is 5.32 Å². The molecule has 1 saturated carbocycles. The third-order valence-electron chi connectivity index (χ3n) is 3.41. The van der Waals surface area contributed by atoms with Gasteiger partial charge in [0, 0.05) is 18.1 Å². The predicted molar refractivity (Wildman–Crippen MR) is 53.8 cm³/mol. The van der Waals surface area contributed by atoms with E-state index in [1.807, 2.05) is 6.92 Å². The van der Waals surface area contributed by atoms with Crippen LogP contribution in [0.25, 0.3) is 0 Å². The molecule has 0 radical (unpaired) electrons. The number of carbonyl (C=O) groups excluding carboxylic acids is 1. The van der Waals surface area contributed by atoms with E-state index in [1.165, 1.54) is 0 Å². The molecule has 0 aromatic carbocycles. The van der Waals surface area contributed by atoms with Gasteiger partial charge in [-0.2, -0.15) is 0 Å². The molecule has 1 saturated heterocycles. The summed E-state index contributed by atoms with van der Waals surface area (Å²) in [5.74, 6) is 0.903. The van der Waals surface area contributed by atoms with Gasteiger partial charge in [-0.1, -0.05) is 0 Å². The molecule has 0 bridgehead atoms. The highest BCUT2D eigenvalue weighted by Crippen LogP contribution is 2.45. The van der Waals surface area contributed by atoms with Gasteiger partial charge in [-0.25, -0.2) is 0 Å². The molecule has 3 nitrogen and oxygen atoms in total. The second-order valence-corrected chi connectivity index (χ2v) is 5.08. The van der Waals surface area contributed by atoms with Gasteiger partial charge in [-0.15, -0.1) is 0 Å². The average molecular weight is 197 g/mol. The lowest BCUT2D eigenvalue weighted by atomic mass is 9.63. The van der Waals surface area contributed by atoms with E-state index in [4.69, 9.17) is 4.74 Å². The number of amides is 1. The van der Waals surface area contributed by atoms with Gasteiger partial charge in [0.05, 0.1) is 6.10 Å². The number of carbonyl (C=O) groups is 1. The summed E-state index contributed by atoms with van der Waals surface area (Å²) >= 11 is 0. The zero-order valence-corrected chi connectivity index (χ0v) is 9.17. The Kier molecular flexibility index (Phi) is 2.30. The maximum absolute atomic E-state index is 11.7. The summed E-state index contributed by atoms with van der Waals surface area (Å²) in [5.41, 5.74) is -0.0476. The van der Waals surface area contributed by atoms with Crippen LogP contribution in [0.4, 0.5) is 0 Å². The number of ether oxygens (including phenoxy) is 1. The topological polar surface area (TPSA) is 38.3 Å². The summed E-state index contributed by atoms with van der Waals surface area (Å²) in [7, 11) is 0. The molecule has 3 heteroatoms. The highest BCUT2D eigenvalue weighted by atomic mass is 16.5. The average Bonchev–Trinajstić information content (AvgIpc) is 2.05. The zero-order chi connectivity index (χ0) is 10.3. The molecule has 3 atom stereocenters. The molecule has 2 aliphatic rings. The molecule has 14 heavy (non-hydrogen) atoms. The molecule has 0 spiro atoms. The molecule has 1 heterocycles. The molecule has 1 aliphatic carbocycles. The molecule has 0 aromatic rings. The van der Waals surface area contributed by atoms with Crippen LogP contribution in [-0.2, 0) is 9.53 Å². The number of hydrogen-bond donors (Lipinski definition) is 1. The van der Waals surface area contributed by atoms with E-state index < -0.39 is 0 Å². The van der Waals surface area contributed by atoms with Gasteiger partial charge in [-0.05, 0) is 39.5 Å². The third-order valence-corrected chi connectivity index (χ3v) is 3.41. The fraction of sp³-hybridized carbons (Fsp3) is 0.909. The lowest BCUT2D eigenvalue weighted by Gasteiger charge is -2.51. The van der Waals surface area contributed by atoms with Crippen molar-refractivity contribution >= 4 is 5.91 Å². The van der Waals surface area contributed by atoms with E-state index in [2.05, 4.69) is 19.2 Å². The monoisotopic (exact) mass is 197 g/mol. The fourth-order valence-electron chi connectivity index (χ4n) is 2.71. The highest BCUT2D eigenvalue weighted by molar-refractivity contribution is 5.82. The van der Waals surface area contributed by atoms with Crippen LogP contribution in [0, 0.1) is 11.8 Å². The van der Waals surface area contributed by atoms with Gasteiger partial charge < -0.3 is 10.1 Å².